The SMILES string of the molecule is Cc1ccccc1C(=O)N1CCN(C(=O)c2c(C)noc2C)CC1. The topological polar surface area (TPSA) is 66.7 Å². The number of hydrogen-bond donors (Lipinski definition) is 0. The first-order valence-corrected chi connectivity index (χ1v) is 8.06. The third kappa shape index (κ3) is 2.91. The zero-order chi connectivity index (χ0) is 17.3. The van der Waals surface area contributed by atoms with E-state index in [4.69, 9.17) is 4.52 Å². The molecule has 6 nitrogen and oxygen atoms in total. The Morgan fingerprint density at radius 1 is 0.958 bits per heavy atom. The fraction of sp³-hybridized carbons (Fsp3) is 0.389. The molecule has 0 aliphatic carbocycles. The molecule has 1 aromatic carbocycles. The van der Waals surface area contributed by atoms with Crippen LogP contribution < -0.4 is 0 Å². The summed E-state index contributed by atoms with van der Waals surface area (Å²) in [5, 5.41) is 3.84. The number of hydrogen-bond acceptors (Lipinski definition) is 4. The number of benzene rings is 1. The van der Waals surface area contributed by atoms with Crippen LogP contribution >= 0.6 is 0 Å². The monoisotopic (exact) mass is 327 g/mol. The maximum atomic E-state index is 12.6. The third-order valence-corrected chi connectivity index (χ3v) is 4.48. The largest absolute Gasteiger partial charge is 0.361 e. The summed E-state index contributed by atoms with van der Waals surface area (Å²) in [4.78, 5) is 28.8. The van der Waals surface area contributed by atoms with E-state index in [0.717, 1.165) is 11.1 Å². The molecule has 0 saturated carbocycles. The van der Waals surface area contributed by atoms with Gasteiger partial charge < -0.3 is 14.3 Å². The molecule has 0 radical (unpaired) electrons. The first-order chi connectivity index (χ1) is 11.5. The van der Waals surface area contributed by atoms with Gasteiger partial charge in [0, 0.05) is 31.7 Å². The number of carbonyl (C=O) groups is 2. The molecule has 1 aliphatic rings. The number of carbonyl (C=O) groups excluding carboxylic acids is 2. The Hall–Kier alpha value is -2.63. The molecule has 126 valence electrons. The van der Waals surface area contributed by atoms with E-state index >= 15 is 0 Å². The summed E-state index contributed by atoms with van der Waals surface area (Å²) in [6.45, 7) is 7.53. The lowest BCUT2D eigenvalue weighted by atomic mass is 10.1. The molecule has 0 N–H and O–H groups in total. The van der Waals surface area contributed by atoms with Crippen LogP contribution in [0.1, 0.15) is 37.7 Å². The predicted octanol–water partition coefficient (Wildman–Crippen LogP) is 2.20. The van der Waals surface area contributed by atoms with Gasteiger partial charge in [-0.2, -0.15) is 0 Å². The molecule has 6 heteroatoms. The summed E-state index contributed by atoms with van der Waals surface area (Å²) >= 11 is 0. The Morgan fingerprint density at radius 2 is 1.54 bits per heavy atom. The Labute approximate surface area is 141 Å². The first-order valence-electron chi connectivity index (χ1n) is 8.06. The molecule has 2 heterocycles. The number of rotatable bonds is 2. The predicted molar refractivity (Wildman–Crippen MR) is 89.0 cm³/mol. The van der Waals surface area contributed by atoms with Crippen LogP contribution in [0.15, 0.2) is 28.8 Å². The van der Waals surface area contributed by atoms with Gasteiger partial charge in [-0.15, -0.1) is 0 Å². The molecule has 0 atom stereocenters. The van der Waals surface area contributed by atoms with Crippen molar-refractivity contribution in [2.75, 3.05) is 26.2 Å². The van der Waals surface area contributed by atoms with Crippen LogP contribution in [-0.2, 0) is 0 Å². The molecule has 1 aromatic heterocycles. The molecule has 1 fully saturated rings. The minimum atomic E-state index is -0.0748. The number of nitrogens with zero attached hydrogens (tertiary/aromatic N) is 3. The molecular weight excluding hydrogens is 306 g/mol. The smallest absolute Gasteiger partial charge is 0.259 e. The quantitative estimate of drug-likeness (QED) is 0.848. The first kappa shape index (κ1) is 16.2. The second-order valence-corrected chi connectivity index (χ2v) is 6.10. The van der Waals surface area contributed by atoms with Crippen LogP contribution in [0.25, 0.3) is 0 Å². The van der Waals surface area contributed by atoms with Crippen molar-refractivity contribution in [1.29, 1.82) is 0 Å². The second-order valence-electron chi connectivity index (χ2n) is 6.10. The highest BCUT2D eigenvalue weighted by Gasteiger charge is 2.28. The van der Waals surface area contributed by atoms with Crippen molar-refractivity contribution < 1.29 is 14.1 Å². The van der Waals surface area contributed by atoms with Crippen molar-refractivity contribution in [1.82, 2.24) is 15.0 Å². The minimum Gasteiger partial charge on any atom is -0.361 e. The van der Waals surface area contributed by atoms with Crippen molar-refractivity contribution in [3.05, 3.63) is 52.4 Å². The normalized spacial score (nSPS) is 14.8. The lowest BCUT2D eigenvalue weighted by Crippen LogP contribution is -2.50. The van der Waals surface area contributed by atoms with Crippen LogP contribution in [0.2, 0.25) is 0 Å². The molecule has 2 aromatic rings. The van der Waals surface area contributed by atoms with Gasteiger partial charge in [0.1, 0.15) is 11.3 Å². The average Bonchev–Trinajstić information content (AvgIpc) is 2.93. The second kappa shape index (κ2) is 6.47. The minimum absolute atomic E-state index is 0.0255. The molecule has 0 spiro atoms. The molecule has 1 aliphatic heterocycles. The fourth-order valence-electron chi connectivity index (χ4n) is 3.04. The van der Waals surface area contributed by atoms with Gasteiger partial charge in [-0.05, 0) is 32.4 Å². The van der Waals surface area contributed by atoms with E-state index in [2.05, 4.69) is 5.16 Å². The van der Waals surface area contributed by atoms with Gasteiger partial charge in [0.15, 0.2) is 0 Å². The molecule has 3 rings (SSSR count). The van der Waals surface area contributed by atoms with Gasteiger partial charge in [-0.3, -0.25) is 9.59 Å². The van der Waals surface area contributed by atoms with Crippen molar-refractivity contribution >= 4 is 11.8 Å². The molecule has 24 heavy (non-hydrogen) atoms. The number of amides is 2. The number of aromatic nitrogens is 1. The summed E-state index contributed by atoms with van der Waals surface area (Å²) in [5.74, 6) is 0.489. The summed E-state index contributed by atoms with van der Waals surface area (Å²) in [5.41, 5.74) is 2.84. The van der Waals surface area contributed by atoms with Gasteiger partial charge in [0.25, 0.3) is 11.8 Å². The Bertz CT molecular complexity index is 754. The van der Waals surface area contributed by atoms with Crippen molar-refractivity contribution in [2.24, 2.45) is 0 Å². The Kier molecular flexibility index (Phi) is 4.38. The molecule has 0 bridgehead atoms. The van der Waals surface area contributed by atoms with Crippen LogP contribution in [0.3, 0.4) is 0 Å². The highest BCUT2D eigenvalue weighted by molar-refractivity contribution is 5.97. The standard InChI is InChI=1S/C18H21N3O3/c1-12-6-4-5-7-15(12)17(22)20-8-10-21(11-9-20)18(23)16-13(2)19-24-14(16)3/h4-7H,8-11H2,1-3H3. The van der Waals surface area contributed by atoms with Gasteiger partial charge in [-0.1, -0.05) is 23.4 Å². The van der Waals surface area contributed by atoms with Crippen molar-refractivity contribution in [3.63, 3.8) is 0 Å². The van der Waals surface area contributed by atoms with Crippen LogP contribution in [-0.4, -0.2) is 52.9 Å². The lowest BCUT2D eigenvalue weighted by Gasteiger charge is -2.35. The van der Waals surface area contributed by atoms with E-state index in [1.54, 1.807) is 23.6 Å². The van der Waals surface area contributed by atoms with Gasteiger partial charge in [0.2, 0.25) is 0 Å². The van der Waals surface area contributed by atoms with Crippen molar-refractivity contribution in [2.45, 2.75) is 20.8 Å². The van der Waals surface area contributed by atoms with Crippen LogP contribution in [0.4, 0.5) is 0 Å². The summed E-state index contributed by atoms with van der Waals surface area (Å²) in [6, 6.07) is 7.58. The van der Waals surface area contributed by atoms with E-state index in [-0.39, 0.29) is 11.8 Å². The average molecular weight is 327 g/mol. The highest BCUT2D eigenvalue weighted by atomic mass is 16.5. The zero-order valence-electron chi connectivity index (χ0n) is 14.2. The Morgan fingerprint density at radius 3 is 2.08 bits per heavy atom. The van der Waals surface area contributed by atoms with E-state index < -0.39 is 0 Å². The van der Waals surface area contributed by atoms with E-state index in [0.29, 0.717) is 43.2 Å². The summed E-state index contributed by atoms with van der Waals surface area (Å²) in [6.07, 6.45) is 0. The molecule has 2 amide bonds. The number of piperazine rings is 1. The van der Waals surface area contributed by atoms with Crippen LogP contribution in [0, 0.1) is 20.8 Å². The summed E-state index contributed by atoms with van der Waals surface area (Å²) < 4.78 is 5.08. The molecule has 0 unspecified atom stereocenters. The maximum absolute atomic E-state index is 12.6. The van der Waals surface area contributed by atoms with E-state index in [1.807, 2.05) is 31.2 Å². The van der Waals surface area contributed by atoms with Gasteiger partial charge >= 0.3 is 0 Å². The van der Waals surface area contributed by atoms with Gasteiger partial charge in [-0.25, -0.2) is 0 Å². The zero-order valence-corrected chi connectivity index (χ0v) is 14.2. The maximum Gasteiger partial charge on any atom is 0.259 e. The van der Waals surface area contributed by atoms with E-state index in [1.165, 1.54) is 0 Å². The van der Waals surface area contributed by atoms with Gasteiger partial charge in [0.05, 0.1) is 5.69 Å². The highest BCUT2D eigenvalue weighted by Crippen LogP contribution is 2.18. The molecular formula is C18H21N3O3. The number of aryl methyl sites for hydroxylation is 3. The Balaban J connectivity index is 1.67. The molecule has 1 saturated heterocycles. The van der Waals surface area contributed by atoms with Crippen molar-refractivity contribution in [3.8, 4) is 0 Å². The fourth-order valence-corrected chi connectivity index (χ4v) is 3.04. The third-order valence-electron chi connectivity index (χ3n) is 4.48. The van der Waals surface area contributed by atoms with E-state index in [9.17, 15) is 9.59 Å². The van der Waals surface area contributed by atoms with Crippen LogP contribution in [0.5, 0.6) is 0 Å². The summed E-state index contributed by atoms with van der Waals surface area (Å²) in [7, 11) is 0. The lowest BCUT2D eigenvalue weighted by molar-refractivity contribution is 0.0533.